The lowest BCUT2D eigenvalue weighted by Gasteiger charge is -2.71. The van der Waals surface area contributed by atoms with Crippen LogP contribution in [-0.2, 0) is 19.6 Å². The van der Waals surface area contributed by atoms with Crippen LogP contribution in [0.1, 0.15) is 51.5 Å². The van der Waals surface area contributed by atoms with E-state index in [4.69, 9.17) is 14.2 Å². The van der Waals surface area contributed by atoms with E-state index in [1.165, 1.54) is 32.1 Å². The molecule has 0 radical (unpaired) electrons. The van der Waals surface area contributed by atoms with E-state index in [1.54, 1.807) is 5.56 Å². The van der Waals surface area contributed by atoms with Crippen LogP contribution in [0.25, 0.3) is 0 Å². The summed E-state index contributed by atoms with van der Waals surface area (Å²) in [5.41, 5.74) is 1.85. The van der Waals surface area contributed by atoms with Gasteiger partial charge in [-0.2, -0.15) is 0 Å². The SMILES string of the molecule is CCO[C@H]1OC2([C@@H]3CC4C[C@H]2CC(c2ccccc2)(C4)C3)[C@@H]1OCC. The smallest absolute Gasteiger partial charge is 0.187 e. The second-order valence-corrected chi connectivity index (χ2v) is 8.66. The van der Waals surface area contributed by atoms with Crippen molar-refractivity contribution in [1.82, 2.24) is 0 Å². The van der Waals surface area contributed by atoms with Gasteiger partial charge in [-0.3, -0.25) is 0 Å². The minimum atomic E-state index is -0.157. The van der Waals surface area contributed by atoms with Crippen molar-refractivity contribution in [3.63, 3.8) is 0 Å². The Hall–Kier alpha value is -0.900. The maximum Gasteiger partial charge on any atom is 0.187 e. The Balaban J connectivity index is 1.47. The summed E-state index contributed by atoms with van der Waals surface area (Å²) in [5.74, 6) is 2.10. The van der Waals surface area contributed by atoms with Crippen molar-refractivity contribution in [2.45, 2.75) is 69.4 Å². The van der Waals surface area contributed by atoms with E-state index in [0.717, 1.165) is 12.5 Å². The van der Waals surface area contributed by atoms with Gasteiger partial charge in [0, 0.05) is 13.2 Å². The van der Waals surface area contributed by atoms with E-state index in [2.05, 4.69) is 37.3 Å². The summed E-state index contributed by atoms with van der Waals surface area (Å²) in [6.07, 6.45) is 6.48. The van der Waals surface area contributed by atoms with Crippen LogP contribution in [0.3, 0.4) is 0 Å². The summed E-state index contributed by atoms with van der Waals surface area (Å²) in [4.78, 5) is 0. The molecule has 1 aromatic carbocycles. The van der Waals surface area contributed by atoms with Crippen LogP contribution in [0, 0.1) is 17.8 Å². The highest BCUT2D eigenvalue weighted by atomic mass is 16.7. The molecule has 1 spiro atoms. The fourth-order valence-electron chi connectivity index (χ4n) is 6.95. The molecule has 0 aromatic heterocycles. The summed E-state index contributed by atoms with van der Waals surface area (Å²) in [7, 11) is 0. The van der Waals surface area contributed by atoms with E-state index in [1.807, 2.05) is 6.92 Å². The molecule has 3 heteroatoms. The first kappa shape index (κ1) is 16.3. The standard InChI is InChI=1S/C22H30O3/c1-3-23-19-20(24-4-2)25-22(19)17-10-15-11-18(22)14-21(12-15,13-17)16-8-6-5-7-9-16/h5-9,15,17-20H,3-4,10-14H2,1-2H3/t15?,17-,18+,19-,20+,21?,22?/m1/s1. The zero-order valence-electron chi connectivity index (χ0n) is 15.4. The lowest BCUT2D eigenvalue weighted by Crippen LogP contribution is -2.78. The average Bonchev–Trinajstić information content (AvgIpc) is 2.62. The predicted molar refractivity (Wildman–Crippen MR) is 96.3 cm³/mol. The third-order valence-corrected chi connectivity index (χ3v) is 7.54. The van der Waals surface area contributed by atoms with E-state index in [9.17, 15) is 0 Å². The predicted octanol–water partition coefficient (Wildman–Crippen LogP) is 4.30. The van der Waals surface area contributed by atoms with Crippen molar-refractivity contribution in [1.29, 1.82) is 0 Å². The van der Waals surface area contributed by atoms with Crippen LogP contribution in [0.15, 0.2) is 30.3 Å². The van der Waals surface area contributed by atoms with Crippen LogP contribution in [-0.4, -0.2) is 31.2 Å². The molecule has 25 heavy (non-hydrogen) atoms. The minimum absolute atomic E-state index is 0.0783. The number of benzene rings is 1. The van der Waals surface area contributed by atoms with E-state index >= 15 is 0 Å². The summed E-state index contributed by atoms with van der Waals surface area (Å²) >= 11 is 0. The molecule has 1 aliphatic heterocycles. The normalized spacial score (nSPS) is 47.2. The van der Waals surface area contributed by atoms with Gasteiger partial charge in [0.1, 0.15) is 11.7 Å². The Morgan fingerprint density at radius 3 is 2.28 bits per heavy atom. The number of ether oxygens (including phenoxy) is 3. The Labute approximate surface area is 151 Å². The zero-order valence-corrected chi connectivity index (χ0v) is 15.4. The molecule has 1 heterocycles. The first-order chi connectivity index (χ1) is 12.2. The first-order valence-electron chi connectivity index (χ1n) is 10.2. The van der Waals surface area contributed by atoms with Crippen molar-refractivity contribution in [3.05, 3.63) is 35.9 Å². The number of hydrogen-bond acceptors (Lipinski definition) is 3. The van der Waals surface area contributed by atoms with Crippen molar-refractivity contribution in [2.24, 2.45) is 17.8 Å². The van der Waals surface area contributed by atoms with Gasteiger partial charge < -0.3 is 14.2 Å². The average molecular weight is 342 g/mol. The van der Waals surface area contributed by atoms with Crippen LogP contribution >= 0.6 is 0 Å². The Bertz CT molecular complexity index is 611. The maximum atomic E-state index is 6.54. The lowest BCUT2D eigenvalue weighted by molar-refractivity contribution is -0.429. The van der Waals surface area contributed by atoms with E-state index in [-0.39, 0.29) is 18.0 Å². The Morgan fingerprint density at radius 1 is 0.960 bits per heavy atom. The Morgan fingerprint density at radius 2 is 1.64 bits per heavy atom. The molecule has 0 amide bonds. The van der Waals surface area contributed by atoms with Gasteiger partial charge in [-0.15, -0.1) is 0 Å². The number of rotatable bonds is 5. The molecule has 136 valence electrons. The Kier molecular flexibility index (Phi) is 3.78. The molecular formula is C22H30O3. The molecule has 5 fully saturated rings. The summed E-state index contributed by atoms with van der Waals surface area (Å²) in [5, 5.41) is 0. The monoisotopic (exact) mass is 342 g/mol. The molecular weight excluding hydrogens is 312 g/mol. The van der Waals surface area contributed by atoms with Gasteiger partial charge in [0.15, 0.2) is 6.29 Å². The molecule has 3 unspecified atom stereocenters. The maximum absolute atomic E-state index is 6.54. The summed E-state index contributed by atoms with van der Waals surface area (Å²) in [6, 6.07) is 11.3. The lowest BCUT2D eigenvalue weighted by atomic mass is 9.41. The highest BCUT2D eigenvalue weighted by Crippen LogP contribution is 2.68. The van der Waals surface area contributed by atoms with E-state index < -0.39 is 0 Å². The van der Waals surface area contributed by atoms with Crippen molar-refractivity contribution in [3.8, 4) is 0 Å². The third-order valence-electron chi connectivity index (χ3n) is 7.54. The van der Waals surface area contributed by atoms with Gasteiger partial charge in [0.2, 0.25) is 0 Å². The van der Waals surface area contributed by atoms with Crippen molar-refractivity contribution >= 4 is 0 Å². The molecule has 1 saturated heterocycles. The second kappa shape index (κ2) is 5.80. The molecule has 4 bridgehead atoms. The van der Waals surface area contributed by atoms with Gasteiger partial charge in [-0.25, -0.2) is 0 Å². The van der Waals surface area contributed by atoms with Crippen LogP contribution in [0.5, 0.6) is 0 Å². The quantitative estimate of drug-likeness (QED) is 0.798. The van der Waals surface area contributed by atoms with Crippen molar-refractivity contribution in [2.75, 3.05) is 13.2 Å². The van der Waals surface area contributed by atoms with Gasteiger partial charge >= 0.3 is 0 Å². The van der Waals surface area contributed by atoms with Gasteiger partial charge in [-0.05, 0) is 74.7 Å². The van der Waals surface area contributed by atoms with Gasteiger partial charge in [0.25, 0.3) is 0 Å². The molecule has 7 atom stereocenters. The van der Waals surface area contributed by atoms with Crippen LogP contribution in [0.2, 0.25) is 0 Å². The molecule has 5 aliphatic rings. The first-order valence-corrected chi connectivity index (χ1v) is 10.2. The molecule has 4 saturated carbocycles. The fraction of sp³-hybridized carbons (Fsp3) is 0.727. The molecule has 3 nitrogen and oxygen atoms in total. The minimum Gasteiger partial charge on any atom is -0.370 e. The summed E-state index contributed by atoms with van der Waals surface area (Å²) < 4.78 is 18.6. The molecule has 0 N–H and O–H groups in total. The zero-order chi connectivity index (χ0) is 17.1. The van der Waals surface area contributed by atoms with Gasteiger partial charge in [-0.1, -0.05) is 30.3 Å². The molecule has 6 rings (SSSR count). The van der Waals surface area contributed by atoms with E-state index in [0.29, 0.717) is 23.9 Å². The highest BCUT2D eigenvalue weighted by Gasteiger charge is 2.72. The van der Waals surface area contributed by atoms with Crippen LogP contribution in [0.4, 0.5) is 0 Å². The largest absolute Gasteiger partial charge is 0.370 e. The summed E-state index contributed by atoms with van der Waals surface area (Å²) in [6.45, 7) is 5.57. The number of hydrogen-bond donors (Lipinski definition) is 0. The van der Waals surface area contributed by atoms with Crippen molar-refractivity contribution < 1.29 is 14.2 Å². The third kappa shape index (κ3) is 2.15. The van der Waals surface area contributed by atoms with Gasteiger partial charge in [0.05, 0.1) is 0 Å². The fourth-order valence-corrected chi connectivity index (χ4v) is 6.95. The highest BCUT2D eigenvalue weighted by molar-refractivity contribution is 5.32. The van der Waals surface area contributed by atoms with Crippen LogP contribution < -0.4 is 0 Å². The second-order valence-electron chi connectivity index (χ2n) is 8.66. The molecule has 1 aromatic rings. The molecule has 4 aliphatic carbocycles. The topological polar surface area (TPSA) is 27.7 Å².